The van der Waals surface area contributed by atoms with Crippen molar-refractivity contribution in [3.63, 3.8) is 0 Å². The Balaban J connectivity index is 1.52. The Morgan fingerprint density at radius 2 is 2.04 bits per heavy atom. The molecule has 0 saturated carbocycles. The number of nitrogens with zero attached hydrogens (tertiary/aromatic N) is 2. The molecule has 0 saturated heterocycles. The monoisotopic (exact) mass is 381 g/mol. The third-order valence-corrected chi connectivity index (χ3v) is 4.39. The highest BCUT2D eigenvalue weighted by Crippen LogP contribution is 2.23. The SMILES string of the molecule is Cn1c(NC(=O)c2occc2COc2ccccc2)nc2cc(Cl)ccc21. The van der Waals surface area contributed by atoms with Gasteiger partial charge in [0.05, 0.1) is 17.3 Å². The number of para-hydroxylation sites is 1. The molecular formula is C20H16ClN3O3. The van der Waals surface area contributed by atoms with Gasteiger partial charge in [0.2, 0.25) is 5.95 Å². The minimum atomic E-state index is -0.392. The third kappa shape index (κ3) is 3.52. The fourth-order valence-corrected chi connectivity index (χ4v) is 2.94. The van der Waals surface area contributed by atoms with Gasteiger partial charge in [0.15, 0.2) is 5.76 Å². The van der Waals surface area contributed by atoms with Crippen LogP contribution in [-0.4, -0.2) is 15.5 Å². The standard InChI is InChI=1S/C20H16ClN3O3/c1-24-17-8-7-14(21)11-16(17)22-20(24)23-19(25)18-13(9-10-26-18)12-27-15-5-3-2-4-6-15/h2-11H,12H2,1H3,(H,22,23,25). The summed E-state index contributed by atoms with van der Waals surface area (Å²) in [4.78, 5) is 17.1. The van der Waals surface area contributed by atoms with Crippen molar-refractivity contribution in [3.05, 3.63) is 77.2 Å². The van der Waals surface area contributed by atoms with Gasteiger partial charge in [-0.2, -0.15) is 0 Å². The summed E-state index contributed by atoms with van der Waals surface area (Å²) in [6, 6.07) is 16.5. The molecule has 4 rings (SSSR count). The van der Waals surface area contributed by atoms with Crippen molar-refractivity contribution in [2.45, 2.75) is 6.61 Å². The predicted molar refractivity (Wildman–Crippen MR) is 103 cm³/mol. The maximum Gasteiger partial charge on any atom is 0.294 e. The normalized spacial score (nSPS) is 10.9. The Morgan fingerprint density at radius 3 is 2.85 bits per heavy atom. The molecule has 1 N–H and O–H groups in total. The van der Waals surface area contributed by atoms with Gasteiger partial charge in [-0.1, -0.05) is 29.8 Å². The van der Waals surface area contributed by atoms with Crippen LogP contribution in [0.1, 0.15) is 16.1 Å². The molecule has 1 amide bonds. The van der Waals surface area contributed by atoms with Crippen LogP contribution in [0.3, 0.4) is 0 Å². The van der Waals surface area contributed by atoms with E-state index in [1.807, 2.05) is 43.4 Å². The molecule has 0 atom stereocenters. The van der Waals surface area contributed by atoms with E-state index in [4.69, 9.17) is 20.8 Å². The highest BCUT2D eigenvalue weighted by molar-refractivity contribution is 6.31. The van der Waals surface area contributed by atoms with Crippen LogP contribution in [-0.2, 0) is 13.7 Å². The lowest BCUT2D eigenvalue weighted by molar-refractivity contribution is 0.0992. The molecular weight excluding hydrogens is 366 g/mol. The van der Waals surface area contributed by atoms with E-state index in [0.717, 1.165) is 11.3 Å². The molecule has 2 heterocycles. The summed E-state index contributed by atoms with van der Waals surface area (Å²) in [5, 5.41) is 3.37. The van der Waals surface area contributed by atoms with Crippen molar-refractivity contribution < 1.29 is 13.9 Å². The summed E-state index contributed by atoms with van der Waals surface area (Å²) in [7, 11) is 1.82. The maximum absolute atomic E-state index is 12.7. The van der Waals surface area contributed by atoms with Crippen molar-refractivity contribution in [3.8, 4) is 5.75 Å². The van der Waals surface area contributed by atoms with E-state index < -0.39 is 5.91 Å². The Kier molecular flexibility index (Phi) is 4.56. The fourth-order valence-electron chi connectivity index (χ4n) is 2.77. The smallest absolute Gasteiger partial charge is 0.294 e. The molecule has 2 aromatic heterocycles. The molecule has 4 aromatic rings. The van der Waals surface area contributed by atoms with Gasteiger partial charge in [0.25, 0.3) is 5.91 Å². The molecule has 0 fully saturated rings. The van der Waals surface area contributed by atoms with Gasteiger partial charge in [-0.15, -0.1) is 0 Å². The van der Waals surface area contributed by atoms with Crippen LogP contribution in [0.5, 0.6) is 5.75 Å². The van der Waals surface area contributed by atoms with Gasteiger partial charge in [0, 0.05) is 17.6 Å². The summed E-state index contributed by atoms with van der Waals surface area (Å²) >= 11 is 6.01. The van der Waals surface area contributed by atoms with Crippen molar-refractivity contribution in [2.75, 3.05) is 5.32 Å². The molecule has 0 aliphatic rings. The zero-order chi connectivity index (χ0) is 18.8. The minimum Gasteiger partial charge on any atom is -0.489 e. The second-order valence-electron chi connectivity index (χ2n) is 5.96. The number of amides is 1. The van der Waals surface area contributed by atoms with E-state index in [0.29, 0.717) is 22.1 Å². The number of carbonyl (C=O) groups excluding carboxylic acids is 1. The molecule has 0 unspecified atom stereocenters. The zero-order valence-electron chi connectivity index (χ0n) is 14.5. The van der Waals surface area contributed by atoms with E-state index >= 15 is 0 Å². The minimum absolute atomic E-state index is 0.191. The van der Waals surface area contributed by atoms with Crippen LogP contribution in [0.4, 0.5) is 5.95 Å². The molecule has 0 aliphatic carbocycles. The summed E-state index contributed by atoms with van der Waals surface area (Å²) in [6.45, 7) is 0.224. The number of carbonyl (C=O) groups is 1. The zero-order valence-corrected chi connectivity index (χ0v) is 15.2. The van der Waals surface area contributed by atoms with Crippen LogP contribution in [0.2, 0.25) is 5.02 Å². The molecule has 136 valence electrons. The van der Waals surface area contributed by atoms with Crippen LogP contribution in [0.25, 0.3) is 11.0 Å². The highest BCUT2D eigenvalue weighted by atomic mass is 35.5. The van der Waals surface area contributed by atoms with Gasteiger partial charge in [-0.25, -0.2) is 4.98 Å². The van der Waals surface area contributed by atoms with Crippen molar-refractivity contribution >= 4 is 34.5 Å². The number of hydrogen-bond acceptors (Lipinski definition) is 4. The van der Waals surface area contributed by atoms with E-state index in [9.17, 15) is 4.79 Å². The fraction of sp³-hybridized carbons (Fsp3) is 0.100. The summed E-state index contributed by atoms with van der Waals surface area (Å²) in [5.74, 6) is 0.924. The molecule has 0 radical (unpaired) electrons. The summed E-state index contributed by atoms with van der Waals surface area (Å²) in [5.41, 5.74) is 2.22. The first-order valence-electron chi connectivity index (χ1n) is 8.29. The lowest BCUT2D eigenvalue weighted by Gasteiger charge is -2.07. The number of furan rings is 1. The predicted octanol–water partition coefficient (Wildman–Crippen LogP) is 4.65. The van der Waals surface area contributed by atoms with Crippen LogP contribution in [0.15, 0.2) is 65.3 Å². The average Bonchev–Trinajstić information content (AvgIpc) is 3.26. The van der Waals surface area contributed by atoms with E-state index in [1.165, 1.54) is 6.26 Å². The third-order valence-electron chi connectivity index (χ3n) is 4.16. The van der Waals surface area contributed by atoms with Crippen LogP contribution in [0, 0.1) is 0 Å². The van der Waals surface area contributed by atoms with Gasteiger partial charge in [0.1, 0.15) is 12.4 Å². The van der Waals surface area contributed by atoms with Gasteiger partial charge < -0.3 is 13.7 Å². The lowest BCUT2D eigenvalue weighted by atomic mass is 10.2. The van der Waals surface area contributed by atoms with Crippen molar-refractivity contribution in [2.24, 2.45) is 7.05 Å². The average molecular weight is 382 g/mol. The topological polar surface area (TPSA) is 69.3 Å². The van der Waals surface area contributed by atoms with E-state index in [2.05, 4.69) is 10.3 Å². The Labute approximate surface area is 160 Å². The number of halogens is 1. The summed E-state index contributed by atoms with van der Waals surface area (Å²) in [6.07, 6.45) is 1.47. The van der Waals surface area contributed by atoms with Gasteiger partial charge in [-0.3, -0.25) is 10.1 Å². The van der Waals surface area contributed by atoms with Crippen LogP contribution >= 0.6 is 11.6 Å². The number of rotatable bonds is 5. The van der Waals surface area contributed by atoms with Crippen molar-refractivity contribution in [1.29, 1.82) is 0 Å². The molecule has 27 heavy (non-hydrogen) atoms. The summed E-state index contributed by atoms with van der Waals surface area (Å²) < 4.78 is 12.9. The highest BCUT2D eigenvalue weighted by Gasteiger charge is 2.19. The molecule has 6 nitrogen and oxygen atoms in total. The number of imidazole rings is 1. The first kappa shape index (κ1) is 17.2. The second kappa shape index (κ2) is 7.17. The largest absolute Gasteiger partial charge is 0.489 e. The number of benzene rings is 2. The van der Waals surface area contributed by atoms with Crippen LogP contribution < -0.4 is 10.1 Å². The molecule has 0 bridgehead atoms. The van der Waals surface area contributed by atoms with E-state index in [1.54, 1.807) is 22.8 Å². The van der Waals surface area contributed by atoms with E-state index in [-0.39, 0.29) is 12.4 Å². The number of ether oxygens (including phenoxy) is 1. The molecule has 0 spiro atoms. The number of aromatic nitrogens is 2. The molecule has 0 aliphatic heterocycles. The lowest BCUT2D eigenvalue weighted by Crippen LogP contribution is -2.16. The number of fused-ring (bicyclic) bond motifs is 1. The number of nitrogens with one attached hydrogen (secondary N) is 1. The Morgan fingerprint density at radius 1 is 1.22 bits per heavy atom. The molecule has 7 heteroatoms. The maximum atomic E-state index is 12.7. The van der Waals surface area contributed by atoms with Gasteiger partial charge in [-0.05, 0) is 36.4 Å². The quantitative estimate of drug-likeness (QED) is 0.546. The first-order chi connectivity index (χ1) is 13.1. The number of anilines is 1. The molecule has 2 aromatic carbocycles. The number of hydrogen-bond donors (Lipinski definition) is 1. The Bertz CT molecular complexity index is 1100. The second-order valence-corrected chi connectivity index (χ2v) is 6.39. The number of aryl methyl sites for hydroxylation is 1. The van der Waals surface area contributed by atoms with Gasteiger partial charge >= 0.3 is 0 Å². The first-order valence-corrected chi connectivity index (χ1v) is 8.67. The van der Waals surface area contributed by atoms with Crippen molar-refractivity contribution in [1.82, 2.24) is 9.55 Å². The Hall–Kier alpha value is -3.25.